The van der Waals surface area contributed by atoms with Crippen molar-refractivity contribution < 1.29 is 19.6 Å². The summed E-state index contributed by atoms with van der Waals surface area (Å²) in [5.74, 6) is -1.33. The molecule has 0 aliphatic rings. The summed E-state index contributed by atoms with van der Waals surface area (Å²) in [6.45, 7) is 1.59. The third-order valence-electron chi connectivity index (χ3n) is 2.49. The first-order valence-corrected chi connectivity index (χ1v) is 6.53. The summed E-state index contributed by atoms with van der Waals surface area (Å²) in [7, 11) is 0. The van der Waals surface area contributed by atoms with Crippen LogP contribution >= 0.6 is 15.9 Å². The molecule has 7 nitrogen and oxygen atoms in total. The number of rotatable bonds is 6. The van der Waals surface area contributed by atoms with Gasteiger partial charge in [0, 0.05) is 22.6 Å². The second-order valence-electron chi connectivity index (χ2n) is 4.28. The van der Waals surface area contributed by atoms with E-state index in [0.29, 0.717) is 10.0 Å². The average Bonchev–Trinajstić information content (AvgIpc) is 2.30. The van der Waals surface area contributed by atoms with Gasteiger partial charge in [-0.05, 0) is 12.5 Å². The quantitative estimate of drug-likeness (QED) is 0.604. The maximum atomic E-state index is 11.7. The molecule has 0 radical (unpaired) electrons. The van der Waals surface area contributed by atoms with Crippen molar-refractivity contribution in [1.82, 2.24) is 5.32 Å². The van der Waals surface area contributed by atoms with Crippen molar-refractivity contribution in [3.8, 4) is 0 Å². The lowest BCUT2D eigenvalue weighted by Crippen LogP contribution is -2.35. The number of hydrogen-bond donors (Lipinski definition) is 2. The van der Waals surface area contributed by atoms with Crippen molar-refractivity contribution in [2.75, 3.05) is 0 Å². The number of non-ortho nitro benzene ring substituents is 1. The average molecular weight is 345 g/mol. The number of nitrogens with zero attached hydrogens (tertiary/aromatic N) is 1. The first-order valence-electron chi connectivity index (χ1n) is 5.73. The van der Waals surface area contributed by atoms with Crippen molar-refractivity contribution >= 4 is 33.5 Å². The van der Waals surface area contributed by atoms with E-state index in [-0.39, 0.29) is 24.4 Å². The summed E-state index contributed by atoms with van der Waals surface area (Å²) in [5.41, 5.74) is 0.524. The number of carbonyl (C=O) groups excluding carboxylic acids is 1. The molecule has 108 valence electrons. The summed E-state index contributed by atoms with van der Waals surface area (Å²) >= 11 is 3.17. The Bertz CT molecular complexity index is 547. The van der Waals surface area contributed by atoms with Crippen LogP contribution in [-0.2, 0) is 16.0 Å². The molecule has 0 spiro atoms. The number of aliphatic carboxylic acids is 1. The molecule has 0 fully saturated rings. The molecule has 8 heteroatoms. The molecule has 1 rings (SSSR count). The zero-order chi connectivity index (χ0) is 15.3. The van der Waals surface area contributed by atoms with Gasteiger partial charge in [-0.15, -0.1) is 0 Å². The maximum Gasteiger partial charge on any atom is 0.305 e. The molecule has 20 heavy (non-hydrogen) atoms. The molecule has 0 saturated heterocycles. The van der Waals surface area contributed by atoms with E-state index in [1.54, 1.807) is 6.92 Å². The Morgan fingerprint density at radius 3 is 2.65 bits per heavy atom. The largest absolute Gasteiger partial charge is 0.481 e. The molecule has 1 amide bonds. The van der Waals surface area contributed by atoms with Crippen molar-refractivity contribution in [2.24, 2.45) is 0 Å². The van der Waals surface area contributed by atoms with E-state index >= 15 is 0 Å². The highest BCUT2D eigenvalue weighted by molar-refractivity contribution is 9.10. The number of amides is 1. The van der Waals surface area contributed by atoms with Crippen molar-refractivity contribution in [2.45, 2.75) is 25.8 Å². The van der Waals surface area contributed by atoms with Gasteiger partial charge in [0.2, 0.25) is 5.91 Å². The van der Waals surface area contributed by atoms with Gasteiger partial charge in [-0.3, -0.25) is 19.7 Å². The summed E-state index contributed by atoms with van der Waals surface area (Å²) in [5, 5.41) is 21.7. The lowest BCUT2D eigenvalue weighted by atomic mass is 10.1. The molecule has 0 aliphatic carbocycles. The Balaban J connectivity index is 2.67. The number of benzene rings is 1. The number of nitro benzene ring substituents is 1. The van der Waals surface area contributed by atoms with Crippen LogP contribution in [0.15, 0.2) is 22.7 Å². The minimum absolute atomic E-state index is 0.0164. The van der Waals surface area contributed by atoms with Crippen LogP contribution in [0.4, 0.5) is 5.69 Å². The van der Waals surface area contributed by atoms with E-state index in [9.17, 15) is 19.7 Å². The van der Waals surface area contributed by atoms with Crippen molar-refractivity contribution in [1.29, 1.82) is 0 Å². The molecule has 1 aromatic rings. The van der Waals surface area contributed by atoms with E-state index in [0.717, 1.165) is 0 Å². The second-order valence-corrected chi connectivity index (χ2v) is 5.13. The van der Waals surface area contributed by atoms with Crippen LogP contribution in [0.25, 0.3) is 0 Å². The van der Waals surface area contributed by atoms with Crippen LogP contribution < -0.4 is 5.32 Å². The zero-order valence-electron chi connectivity index (χ0n) is 10.6. The maximum absolute atomic E-state index is 11.7. The van der Waals surface area contributed by atoms with Gasteiger partial charge < -0.3 is 10.4 Å². The lowest BCUT2D eigenvalue weighted by molar-refractivity contribution is -0.384. The van der Waals surface area contributed by atoms with Crippen molar-refractivity contribution in [3.63, 3.8) is 0 Å². The molecule has 1 unspecified atom stereocenters. The number of carboxylic acids is 1. The second kappa shape index (κ2) is 6.99. The van der Waals surface area contributed by atoms with Gasteiger partial charge in [0.05, 0.1) is 17.8 Å². The fourth-order valence-corrected chi connectivity index (χ4v) is 2.11. The summed E-state index contributed by atoms with van der Waals surface area (Å²) in [6.07, 6.45) is -0.143. The SMILES string of the molecule is CC(CC(=O)O)NC(=O)Cc1ccc([N+](=O)[O-])cc1Br. The number of halogens is 1. The van der Waals surface area contributed by atoms with Gasteiger partial charge in [0.1, 0.15) is 0 Å². The Morgan fingerprint density at radius 2 is 2.15 bits per heavy atom. The van der Waals surface area contributed by atoms with Gasteiger partial charge in [-0.25, -0.2) is 0 Å². The molecule has 1 aromatic carbocycles. The van der Waals surface area contributed by atoms with Crippen LogP contribution in [-0.4, -0.2) is 27.9 Å². The van der Waals surface area contributed by atoms with Crippen LogP contribution in [0.1, 0.15) is 18.9 Å². The Morgan fingerprint density at radius 1 is 1.50 bits per heavy atom. The van der Waals surface area contributed by atoms with Crippen LogP contribution in [0.5, 0.6) is 0 Å². The number of nitrogens with one attached hydrogen (secondary N) is 1. The fraction of sp³-hybridized carbons (Fsp3) is 0.333. The molecule has 2 N–H and O–H groups in total. The topological polar surface area (TPSA) is 110 Å². The number of nitro groups is 1. The first-order chi connectivity index (χ1) is 9.29. The molecule has 0 saturated carbocycles. The predicted molar refractivity (Wildman–Crippen MR) is 74.4 cm³/mol. The highest BCUT2D eigenvalue weighted by Crippen LogP contribution is 2.23. The van der Waals surface area contributed by atoms with Gasteiger partial charge in [-0.2, -0.15) is 0 Å². The highest BCUT2D eigenvalue weighted by atomic mass is 79.9. The fourth-order valence-electron chi connectivity index (χ4n) is 1.60. The zero-order valence-corrected chi connectivity index (χ0v) is 12.2. The molecular weight excluding hydrogens is 332 g/mol. The van der Waals surface area contributed by atoms with Crippen LogP contribution in [0.3, 0.4) is 0 Å². The molecule has 0 bridgehead atoms. The Kier molecular flexibility index (Phi) is 5.63. The smallest absolute Gasteiger partial charge is 0.305 e. The highest BCUT2D eigenvalue weighted by Gasteiger charge is 2.14. The molecule has 1 atom stereocenters. The summed E-state index contributed by atoms with van der Waals surface area (Å²) < 4.78 is 0.465. The molecule has 0 aliphatic heterocycles. The van der Waals surface area contributed by atoms with Crippen LogP contribution in [0, 0.1) is 10.1 Å². The predicted octanol–water partition coefficient (Wildman–Crippen LogP) is 1.88. The third-order valence-corrected chi connectivity index (χ3v) is 3.22. The van der Waals surface area contributed by atoms with E-state index in [1.165, 1.54) is 18.2 Å². The first kappa shape index (κ1) is 16.1. The van der Waals surface area contributed by atoms with Crippen molar-refractivity contribution in [3.05, 3.63) is 38.3 Å². The minimum Gasteiger partial charge on any atom is -0.481 e. The number of hydrogen-bond acceptors (Lipinski definition) is 4. The standard InChI is InChI=1S/C12H13BrN2O5/c1-7(4-12(17)18)14-11(16)5-8-2-3-9(15(19)20)6-10(8)13/h2-3,6-7H,4-5H2,1H3,(H,14,16)(H,17,18). The molecule has 0 aromatic heterocycles. The molecular formula is C12H13BrN2O5. The lowest BCUT2D eigenvalue weighted by Gasteiger charge is -2.12. The van der Waals surface area contributed by atoms with E-state index in [4.69, 9.17) is 5.11 Å². The van der Waals surface area contributed by atoms with E-state index in [2.05, 4.69) is 21.2 Å². The van der Waals surface area contributed by atoms with Gasteiger partial charge in [-0.1, -0.05) is 22.0 Å². The monoisotopic (exact) mass is 344 g/mol. The van der Waals surface area contributed by atoms with Crippen LogP contribution in [0.2, 0.25) is 0 Å². The summed E-state index contributed by atoms with van der Waals surface area (Å²) in [6, 6.07) is 3.65. The third kappa shape index (κ3) is 4.96. The minimum atomic E-state index is -0.991. The van der Waals surface area contributed by atoms with Gasteiger partial charge in [0.25, 0.3) is 5.69 Å². The van der Waals surface area contributed by atoms with E-state index in [1.807, 2.05) is 0 Å². The Hall–Kier alpha value is -1.96. The summed E-state index contributed by atoms with van der Waals surface area (Å²) in [4.78, 5) is 32.3. The number of carboxylic acid groups (broad SMARTS) is 1. The molecule has 0 heterocycles. The normalized spacial score (nSPS) is 11.7. The van der Waals surface area contributed by atoms with Gasteiger partial charge in [0.15, 0.2) is 0 Å². The van der Waals surface area contributed by atoms with Gasteiger partial charge >= 0.3 is 5.97 Å². The Labute approximate surface area is 123 Å². The number of carbonyl (C=O) groups is 2. The van der Waals surface area contributed by atoms with E-state index < -0.39 is 16.9 Å².